The molecule has 0 unspecified atom stereocenters. The summed E-state index contributed by atoms with van der Waals surface area (Å²) in [5, 5.41) is 16.5. The molecule has 0 aliphatic carbocycles. The number of rotatable bonds is 4. The second-order valence-electron chi connectivity index (χ2n) is 4.73. The standard InChI is InChI=1S/C15H11N9/c1-2-7-17-13(5-1)10-19-23-11-20-24-14(21-22-15(23)24)18-9-12-4-3-6-16-8-12/h1-11H/b18-9+,19-10+. The van der Waals surface area contributed by atoms with E-state index >= 15 is 0 Å². The zero-order chi connectivity index (χ0) is 16.2. The van der Waals surface area contributed by atoms with Crippen molar-refractivity contribution in [1.29, 1.82) is 0 Å². The van der Waals surface area contributed by atoms with Crippen molar-refractivity contribution in [2.24, 2.45) is 10.1 Å². The van der Waals surface area contributed by atoms with Crippen LogP contribution in [0.5, 0.6) is 0 Å². The summed E-state index contributed by atoms with van der Waals surface area (Å²) in [5.41, 5.74) is 1.60. The van der Waals surface area contributed by atoms with Gasteiger partial charge in [-0.2, -0.15) is 14.3 Å². The van der Waals surface area contributed by atoms with Gasteiger partial charge in [0.2, 0.25) is 0 Å². The monoisotopic (exact) mass is 317 g/mol. The minimum atomic E-state index is 0.362. The van der Waals surface area contributed by atoms with Crippen molar-refractivity contribution in [1.82, 2.24) is 34.5 Å². The number of fused-ring (bicyclic) bond motifs is 1. The molecular weight excluding hydrogens is 306 g/mol. The zero-order valence-corrected chi connectivity index (χ0v) is 12.4. The van der Waals surface area contributed by atoms with Crippen molar-refractivity contribution in [2.75, 3.05) is 0 Å². The molecule has 0 fully saturated rings. The molecule has 4 rings (SSSR count). The lowest BCUT2D eigenvalue weighted by Crippen LogP contribution is -1.92. The van der Waals surface area contributed by atoms with Crippen molar-refractivity contribution >= 4 is 24.2 Å². The van der Waals surface area contributed by atoms with Crippen molar-refractivity contribution in [2.45, 2.75) is 0 Å². The number of pyridine rings is 2. The number of nitrogens with zero attached hydrogens (tertiary/aromatic N) is 9. The second-order valence-corrected chi connectivity index (χ2v) is 4.73. The third-order valence-electron chi connectivity index (χ3n) is 3.10. The molecule has 0 radical (unpaired) electrons. The lowest BCUT2D eigenvalue weighted by molar-refractivity contribution is 0.881. The highest BCUT2D eigenvalue weighted by Gasteiger charge is 2.09. The van der Waals surface area contributed by atoms with Crippen LogP contribution >= 0.6 is 0 Å². The lowest BCUT2D eigenvalue weighted by atomic mass is 10.3. The Morgan fingerprint density at radius 2 is 2.00 bits per heavy atom. The first-order chi connectivity index (χ1) is 11.9. The Balaban J connectivity index is 1.61. The third-order valence-corrected chi connectivity index (χ3v) is 3.10. The van der Waals surface area contributed by atoms with E-state index in [0.717, 1.165) is 11.3 Å². The Morgan fingerprint density at radius 1 is 1.00 bits per heavy atom. The maximum Gasteiger partial charge on any atom is 0.276 e. The van der Waals surface area contributed by atoms with Crippen LogP contribution in [0.1, 0.15) is 11.3 Å². The van der Waals surface area contributed by atoms with Crippen LogP contribution in [0.15, 0.2) is 65.3 Å². The molecule has 0 aliphatic rings. The topological polar surface area (TPSA) is 98.5 Å². The van der Waals surface area contributed by atoms with Crippen LogP contribution in [0.25, 0.3) is 5.78 Å². The molecule has 0 spiro atoms. The molecule has 4 aromatic heterocycles. The largest absolute Gasteiger partial charge is 0.276 e. The number of hydrogen-bond donors (Lipinski definition) is 0. The summed E-state index contributed by atoms with van der Waals surface area (Å²) in [7, 11) is 0. The smallest absolute Gasteiger partial charge is 0.264 e. The van der Waals surface area contributed by atoms with Crippen LogP contribution in [0.2, 0.25) is 0 Å². The Bertz CT molecular complexity index is 916. The van der Waals surface area contributed by atoms with Gasteiger partial charge in [0.05, 0.1) is 11.9 Å². The number of aromatic nitrogens is 7. The van der Waals surface area contributed by atoms with Crippen LogP contribution in [0.3, 0.4) is 0 Å². The van der Waals surface area contributed by atoms with Gasteiger partial charge in [0, 0.05) is 30.4 Å². The molecule has 0 aliphatic heterocycles. The highest BCUT2D eigenvalue weighted by Crippen LogP contribution is 2.10. The summed E-state index contributed by atoms with van der Waals surface area (Å²) in [4.78, 5) is 12.5. The summed E-state index contributed by atoms with van der Waals surface area (Å²) >= 11 is 0. The van der Waals surface area contributed by atoms with E-state index in [-0.39, 0.29) is 0 Å². The van der Waals surface area contributed by atoms with E-state index in [4.69, 9.17) is 0 Å². The maximum absolute atomic E-state index is 4.28. The molecule has 0 N–H and O–H groups in total. The van der Waals surface area contributed by atoms with Gasteiger partial charge in [-0.3, -0.25) is 9.97 Å². The number of hydrogen-bond acceptors (Lipinski definition) is 7. The molecule has 0 bridgehead atoms. The van der Waals surface area contributed by atoms with Gasteiger partial charge in [-0.1, -0.05) is 12.1 Å². The van der Waals surface area contributed by atoms with E-state index in [1.165, 1.54) is 15.5 Å². The predicted octanol–water partition coefficient (Wildman–Crippen LogP) is 1.35. The van der Waals surface area contributed by atoms with E-state index < -0.39 is 0 Å². The first-order valence-corrected chi connectivity index (χ1v) is 7.08. The molecule has 116 valence electrons. The molecular formula is C15H11N9. The average molecular weight is 317 g/mol. The van der Waals surface area contributed by atoms with E-state index in [1.807, 2.05) is 30.3 Å². The van der Waals surface area contributed by atoms with Crippen molar-refractivity contribution < 1.29 is 0 Å². The highest BCUT2D eigenvalue weighted by atomic mass is 15.5. The lowest BCUT2D eigenvalue weighted by Gasteiger charge is -1.91. The quantitative estimate of drug-likeness (QED) is 0.529. The van der Waals surface area contributed by atoms with Crippen LogP contribution in [0.4, 0.5) is 5.95 Å². The van der Waals surface area contributed by atoms with Gasteiger partial charge >= 0.3 is 0 Å². The maximum atomic E-state index is 4.28. The van der Waals surface area contributed by atoms with Gasteiger partial charge in [-0.25, -0.2) is 4.99 Å². The molecule has 0 saturated heterocycles. The van der Waals surface area contributed by atoms with Crippen molar-refractivity contribution in [3.63, 3.8) is 0 Å². The van der Waals surface area contributed by atoms with Gasteiger partial charge in [-0.05, 0) is 18.2 Å². The SMILES string of the molecule is C(=N\c1nnc2n(/N=C/c3ccccn3)cnn12)/c1cccnc1. The fourth-order valence-corrected chi connectivity index (χ4v) is 1.98. The predicted molar refractivity (Wildman–Crippen MR) is 87.5 cm³/mol. The fourth-order valence-electron chi connectivity index (χ4n) is 1.98. The summed E-state index contributed by atoms with van der Waals surface area (Å²) in [6.45, 7) is 0. The molecule has 4 heterocycles. The van der Waals surface area contributed by atoms with Gasteiger partial charge < -0.3 is 0 Å². The highest BCUT2D eigenvalue weighted by molar-refractivity contribution is 5.80. The third kappa shape index (κ3) is 2.77. The second kappa shape index (κ2) is 6.16. The first-order valence-electron chi connectivity index (χ1n) is 7.08. The minimum Gasteiger partial charge on any atom is -0.264 e. The molecule has 0 aromatic carbocycles. The van der Waals surface area contributed by atoms with Crippen molar-refractivity contribution in [3.05, 3.63) is 66.5 Å². The van der Waals surface area contributed by atoms with Gasteiger partial charge in [-0.15, -0.1) is 15.3 Å². The summed E-state index contributed by atoms with van der Waals surface area (Å²) in [5.74, 6) is 0.821. The van der Waals surface area contributed by atoms with Crippen LogP contribution in [0, 0.1) is 0 Å². The van der Waals surface area contributed by atoms with E-state index in [1.54, 1.807) is 31.0 Å². The van der Waals surface area contributed by atoms with Crippen LogP contribution in [-0.4, -0.2) is 46.9 Å². The molecule has 4 aromatic rings. The molecule has 0 saturated carbocycles. The van der Waals surface area contributed by atoms with E-state index in [9.17, 15) is 0 Å². The van der Waals surface area contributed by atoms with Gasteiger partial charge in [0.15, 0.2) is 0 Å². The Kier molecular flexibility index (Phi) is 3.57. The summed E-state index contributed by atoms with van der Waals surface area (Å²) in [6.07, 6.45) is 9.92. The first kappa shape index (κ1) is 13.9. The minimum absolute atomic E-state index is 0.362. The van der Waals surface area contributed by atoms with Crippen LogP contribution < -0.4 is 0 Å². The van der Waals surface area contributed by atoms with Gasteiger partial charge in [0.25, 0.3) is 11.7 Å². The van der Waals surface area contributed by atoms with E-state index in [2.05, 4.69) is 35.4 Å². The summed E-state index contributed by atoms with van der Waals surface area (Å²) < 4.78 is 3.01. The fraction of sp³-hybridized carbons (Fsp3) is 0. The zero-order valence-electron chi connectivity index (χ0n) is 12.4. The molecule has 0 atom stereocenters. The average Bonchev–Trinajstić information content (AvgIpc) is 3.22. The molecule has 24 heavy (non-hydrogen) atoms. The van der Waals surface area contributed by atoms with Crippen molar-refractivity contribution in [3.8, 4) is 0 Å². The van der Waals surface area contributed by atoms with Crippen LogP contribution in [-0.2, 0) is 0 Å². The Morgan fingerprint density at radius 3 is 2.83 bits per heavy atom. The number of aliphatic imine (C=N–C) groups is 1. The Hall–Kier alpha value is -3.75. The Labute approximate surface area is 136 Å². The van der Waals surface area contributed by atoms with E-state index in [0.29, 0.717) is 11.7 Å². The summed E-state index contributed by atoms with van der Waals surface area (Å²) in [6, 6.07) is 9.31. The molecule has 0 amide bonds. The normalized spacial score (nSPS) is 11.8. The molecule has 9 heteroatoms. The molecule has 9 nitrogen and oxygen atoms in total. The van der Waals surface area contributed by atoms with Gasteiger partial charge in [0.1, 0.15) is 6.33 Å².